The summed E-state index contributed by atoms with van der Waals surface area (Å²) in [6, 6.07) is 6.90. The maximum atomic E-state index is 12.0. The first-order chi connectivity index (χ1) is 12.5. The van der Waals surface area contributed by atoms with Crippen LogP contribution in [0, 0.1) is 10.1 Å². The van der Waals surface area contributed by atoms with Crippen molar-refractivity contribution in [3.8, 4) is 0 Å². The molecule has 0 unspecified atom stereocenters. The zero-order chi connectivity index (χ0) is 20.4. The molecule has 0 saturated carbocycles. The van der Waals surface area contributed by atoms with Gasteiger partial charge in [0.15, 0.2) is 22.2 Å². The molecule has 0 N–H and O–H groups in total. The predicted molar refractivity (Wildman–Crippen MR) is 97.3 cm³/mol. The average Bonchev–Trinajstić information content (AvgIpc) is 2.60. The Morgan fingerprint density at radius 1 is 1.07 bits per heavy atom. The Morgan fingerprint density at radius 2 is 1.70 bits per heavy atom. The van der Waals surface area contributed by atoms with Crippen LogP contribution in [0.2, 0.25) is 10.0 Å². The zero-order valence-corrected chi connectivity index (χ0v) is 16.0. The van der Waals surface area contributed by atoms with Gasteiger partial charge in [0.05, 0.1) is 20.5 Å². The van der Waals surface area contributed by atoms with Gasteiger partial charge >= 0.3 is 5.97 Å². The van der Waals surface area contributed by atoms with E-state index >= 15 is 0 Å². The van der Waals surface area contributed by atoms with Gasteiger partial charge < -0.3 is 4.74 Å². The molecule has 2 rings (SSSR count). The summed E-state index contributed by atoms with van der Waals surface area (Å²) in [6.45, 7) is -0.640. The van der Waals surface area contributed by atoms with E-state index in [1.54, 1.807) is 0 Å². The quantitative estimate of drug-likeness (QED) is 0.297. The van der Waals surface area contributed by atoms with Crippen LogP contribution in [0.5, 0.6) is 0 Å². The summed E-state index contributed by atoms with van der Waals surface area (Å²) in [6.07, 6.45) is 0.809. The van der Waals surface area contributed by atoms with Crippen LogP contribution in [0.25, 0.3) is 0 Å². The maximum absolute atomic E-state index is 12.0. The fourth-order valence-corrected chi connectivity index (χ4v) is 3.19. The highest BCUT2D eigenvalue weighted by Crippen LogP contribution is 2.26. The molecule has 8 nitrogen and oxygen atoms in total. The minimum absolute atomic E-state index is 0.154. The first kappa shape index (κ1) is 20.8. The number of esters is 1. The summed E-state index contributed by atoms with van der Waals surface area (Å²) < 4.78 is 28.0. The number of nitro benzene ring substituents is 1. The van der Waals surface area contributed by atoms with Crippen molar-refractivity contribution in [3.63, 3.8) is 0 Å². The number of ether oxygens (including phenoxy) is 1. The SMILES string of the molecule is CS(=O)(=O)c1ccc(C(=O)OCC(=O)c2ccc(Cl)c(Cl)c2)cc1[N+](=O)[O-]. The van der Waals surface area contributed by atoms with Crippen molar-refractivity contribution in [2.45, 2.75) is 4.90 Å². The van der Waals surface area contributed by atoms with Gasteiger partial charge in [-0.15, -0.1) is 0 Å². The van der Waals surface area contributed by atoms with Gasteiger partial charge in [-0.3, -0.25) is 14.9 Å². The first-order valence-electron chi connectivity index (χ1n) is 7.14. The lowest BCUT2D eigenvalue weighted by atomic mass is 10.1. The summed E-state index contributed by atoms with van der Waals surface area (Å²) in [4.78, 5) is 33.7. The van der Waals surface area contributed by atoms with Gasteiger partial charge in [0.2, 0.25) is 0 Å². The molecular weight excluding hydrogens is 421 g/mol. The molecule has 0 saturated heterocycles. The second kappa shape index (κ2) is 8.03. The predicted octanol–water partition coefficient (Wildman–Crippen LogP) is 3.34. The van der Waals surface area contributed by atoms with Gasteiger partial charge in [0.1, 0.15) is 4.90 Å². The Kier molecular flexibility index (Phi) is 6.19. The second-order valence-corrected chi connectivity index (χ2v) is 8.14. The number of Topliss-reactive ketones (excluding diaryl/α,β-unsaturated/α-hetero) is 1. The number of benzene rings is 2. The third-order valence-electron chi connectivity index (χ3n) is 3.37. The number of hydrogen-bond acceptors (Lipinski definition) is 7. The Labute approximate surface area is 163 Å². The lowest BCUT2D eigenvalue weighted by molar-refractivity contribution is -0.387. The topological polar surface area (TPSA) is 121 Å². The Morgan fingerprint density at radius 3 is 2.26 bits per heavy atom. The number of nitrogens with zero attached hydrogens (tertiary/aromatic N) is 1. The number of nitro groups is 1. The average molecular weight is 432 g/mol. The third-order valence-corrected chi connectivity index (χ3v) is 5.25. The summed E-state index contributed by atoms with van der Waals surface area (Å²) in [5.74, 6) is -1.59. The van der Waals surface area contributed by atoms with Crippen LogP contribution >= 0.6 is 23.2 Å². The molecule has 0 radical (unpaired) electrons. The van der Waals surface area contributed by atoms with E-state index in [0.717, 1.165) is 24.5 Å². The fourth-order valence-electron chi connectivity index (χ4n) is 2.07. The summed E-state index contributed by atoms with van der Waals surface area (Å²) >= 11 is 11.6. The smallest absolute Gasteiger partial charge is 0.338 e. The monoisotopic (exact) mass is 431 g/mol. The van der Waals surface area contributed by atoms with Crippen LogP contribution in [-0.4, -0.2) is 38.0 Å². The number of rotatable bonds is 6. The molecule has 0 aromatic heterocycles. The molecule has 0 atom stereocenters. The van der Waals surface area contributed by atoms with E-state index in [-0.39, 0.29) is 21.2 Å². The lowest BCUT2D eigenvalue weighted by Crippen LogP contribution is -2.15. The van der Waals surface area contributed by atoms with E-state index in [2.05, 4.69) is 0 Å². The van der Waals surface area contributed by atoms with Crippen LogP contribution in [0.4, 0.5) is 5.69 Å². The van der Waals surface area contributed by atoms with Crippen LogP contribution in [0.15, 0.2) is 41.3 Å². The van der Waals surface area contributed by atoms with Gasteiger partial charge in [0, 0.05) is 17.9 Å². The van der Waals surface area contributed by atoms with Gasteiger partial charge in [-0.1, -0.05) is 23.2 Å². The molecule has 2 aromatic carbocycles. The van der Waals surface area contributed by atoms with E-state index in [4.69, 9.17) is 27.9 Å². The maximum Gasteiger partial charge on any atom is 0.338 e. The standard InChI is InChI=1S/C16H11Cl2NO7S/c1-27(24,25)15-5-3-10(7-13(15)19(22)23)16(21)26-8-14(20)9-2-4-11(17)12(18)6-9/h2-7H,8H2,1H3. The number of carbonyl (C=O) groups is 2. The van der Waals surface area contributed by atoms with Crippen molar-refractivity contribution in [1.29, 1.82) is 0 Å². The minimum atomic E-state index is -3.86. The fraction of sp³-hybridized carbons (Fsp3) is 0.125. The van der Waals surface area contributed by atoms with Crippen molar-refractivity contribution in [2.24, 2.45) is 0 Å². The summed E-state index contributed by atoms with van der Waals surface area (Å²) in [5, 5.41) is 11.5. The molecule has 0 spiro atoms. The van der Waals surface area contributed by atoms with Gasteiger partial charge in [-0.2, -0.15) is 0 Å². The van der Waals surface area contributed by atoms with Crippen LogP contribution < -0.4 is 0 Å². The highest BCUT2D eigenvalue weighted by atomic mass is 35.5. The lowest BCUT2D eigenvalue weighted by Gasteiger charge is -2.07. The zero-order valence-electron chi connectivity index (χ0n) is 13.6. The summed E-state index contributed by atoms with van der Waals surface area (Å²) in [7, 11) is -3.86. The minimum Gasteiger partial charge on any atom is -0.454 e. The van der Waals surface area contributed by atoms with Crippen molar-refractivity contribution in [1.82, 2.24) is 0 Å². The highest BCUT2D eigenvalue weighted by Gasteiger charge is 2.24. The molecule has 0 fully saturated rings. The highest BCUT2D eigenvalue weighted by molar-refractivity contribution is 7.90. The van der Waals surface area contributed by atoms with Gasteiger partial charge in [-0.05, 0) is 30.3 Å². The van der Waals surface area contributed by atoms with Gasteiger partial charge in [0.25, 0.3) is 5.69 Å². The van der Waals surface area contributed by atoms with Crippen molar-refractivity contribution >= 4 is 50.5 Å². The third kappa shape index (κ3) is 5.03. The normalized spacial score (nSPS) is 11.1. The molecule has 0 aliphatic carbocycles. The molecule has 142 valence electrons. The van der Waals surface area contributed by atoms with Crippen molar-refractivity contribution in [2.75, 3.05) is 12.9 Å². The Hall–Kier alpha value is -2.49. The van der Waals surface area contributed by atoms with Crippen LogP contribution in [-0.2, 0) is 14.6 Å². The van der Waals surface area contributed by atoms with Crippen LogP contribution in [0.3, 0.4) is 0 Å². The van der Waals surface area contributed by atoms with Crippen molar-refractivity contribution < 1.29 is 27.7 Å². The van der Waals surface area contributed by atoms with Crippen LogP contribution in [0.1, 0.15) is 20.7 Å². The molecule has 0 amide bonds. The van der Waals surface area contributed by atoms with Crippen molar-refractivity contribution in [3.05, 3.63) is 67.7 Å². The molecule has 11 heteroatoms. The largest absolute Gasteiger partial charge is 0.454 e. The summed E-state index contributed by atoms with van der Waals surface area (Å²) in [5.41, 5.74) is -0.866. The van der Waals surface area contributed by atoms with E-state index in [0.29, 0.717) is 0 Å². The number of ketones is 1. The molecule has 0 aliphatic heterocycles. The van der Waals surface area contributed by atoms with E-state index in [1.807, 2.05) is 0 Å². The Bertz CT molecular complexity index is 1050. The molecular formula is C16H11Cl2NO7S. The van der Waals surface area contributed by atoms with E-state index < -0.39 is 43.7 Å². The molecule has 0 aliphatic rings. The van der Waals surface area contributed by atoms with E-state index in [1.165, 1.54) is 18.2 Å². The first-order valence-corrected chi connectivity index (χ1v) is 9.79. The number of halogens is 2. The molecule has 27 heavy (non-hydrogen) atoms. The molecule has 2 aromatic rings. The molecule has 0 bridgehead atoms. The number of sulfone groups is 1. The second-order valence-electron chi connectivity index (χ2n) is 5.34. The Balaban J connectivity index is 2.18. The number of hydrogen-bond donors (Lipinski definition) is 0. The number of carbonyl (C=O) groups excluding carboxylic acids is 2. The van der Waals surface area contributed by atoms with E-state index in [9.17, 15) is 28.1 Å². The molecule has 0 heterocycles. The van der Waals surface area contributed by atoms with Gasteiger partial charge in [-0.25, -0.2) is 13.2 Å².